The highest BCUT2D eigenvalue weighted by atomic mass is 16.5. The number of hydrogen-bond acceptors (Lipinski definition) is 3. The summed E-state index contributed by atoms with van der Waals surface area (Å²) < 4.78 is 5.38. The maximum Gasteiger partial charge on any atom is 0.0711 e. The number of nitrogens with one attached hydrogen (secondary N) is 2. The molecule has 4 atom stereocenters. The van der Waals surface area contributed by atoms with Gasteiger partial charge in [-0.25, -0.2) is 0 Å². The van der Waals surface area contributed by atoms with E-state index in [1.807, 2.05) is 7.11 Å². The Hall–Kier alpha value is -0.120. The van der Waals surface area contributed by atoms with Crippen LogP contribution < -0.4 is 10.6 Å². The molecule has 1 aliphatic carbocycles. The predicted octanol–water partition coefficient (Wildman–Crippen LogP) is 1.92. The van der Waals surface area contributed by atoms with Gasteiger partial charge < -0.3 is 15.4 Å². The molecule has 0 radical (unpaired) electrons. The molecule has 1 heterocycles. The smallest absolute Gasteiger partial charge is 0.0711 e. The minimum atomic E-state index is 0.427. The van der Waals surface area contributed by atoms with Gasteiger partial charge in [0.15, 0.2) is 0 Å². The summed E-state index contributed by atoms with van der Waals surface area (Å²) in [6, 6.07) is 1.36. The molecule has 0 aromatic heterocycles. The van der Waals surface area contributed by atoms with Crippen LogP contribution in [-0.4, -0.2) is 38.4 Å². The van der Waals surface area contributed by atoms with Crippen LogP contribution in [0.3, 0.4) is 0 Å². The highest BCUT2D eigenvalue weighted by Crippen LogP contribution is 2.22. The molecule has 1 aliphatic heterocycles. The molecule has 0 bridgehead atoms. The third-order valence-electron chi connectivity index (χ3n) is 4.43. The fourth-order valence-corrected chi connectivity index (χ4v) is 3.12. The summed E-state index contributed by atoms with van der Waals surface area (Å²) in [5, 5.41) is 7.28. The summed E-state index contributed by atoms with van der Waals surface area (Å²) >= 11 is 0. The molecule has 100 valence electrons. The first kappa shape index (κ1) is 13.3. The molecule has 2 N–H and O–H groups in total. The number of methoxy groups -OCH3 is 1. The van der Waals surface area contributed by atoms with Crippen molar-refractivity contribution in [2.24, 2.45) is 5.92 Å². The predicted molar refractivity (Wildman–Crippen MR) is 71.2 cm³/mol. The monoisotopic (exact) mass is 240 g/mol. The van der Waals surface area contributed by atoms with E-state index in [0.717, 1.165) is 31.5 Å². The van der Waals surface area contributed by atoms with E-state index in [1.54, 1.807) is 0 Å². The third-order valence-corrected chi connectivity index (χ3v) is 4.43. The van der Waals surface area contributed by atoms with Gasteiger partial charge in [0.25, 0.3) is 0 Å². The average molecular weight is 240 g/mol. The second kappa shape index (κ2) is 6.72. The minimum absolute atomic E-state index is 0.427. The van der Waals surface area contributed by atoms with Gasteiger partial charge >= 0.3 is 0 Å². The largest absolute Gasteiger partial charge is 0.380 e. The van der Waals surface area contributed by atoms with E-state index in [2.05, 4.69) is 17.6 Å². The molecular weight excluding hydrogens is 212 g/mol. The van der Waals surface area contributed by atoms with Crippen molar-refractivity contribution >= 4 is 0 Å². The molecule has 2 aliphatic rings. The lowest BCUT2D eigenvalue weighted by Gasteiger charge is -2.19. The van der Waals surface area contributed by atoms with Crippen molar-refractivity contribution in [2.75, 3.05) is 20.2 Å². The van der Waals surface area contributed by atoms with Crippen LogP contribution in [0.4, 0.5) is 0 Å². The summed E-state index contributed by atoms with van der Waals surface area (Å²) in [5.74, 6) is 0.935. The van der Waals surface area contributed by atoms with Gasteiger partial charge in [0.05, 0.1) is 6.10 Å². The summed E-state index contributed by atoms with van der Waals surface area (Å²) in [6.45, 7) is 4.52. The molecule has 1 saturated heterocycles. The summed E-state index contributed by atoms with van der Waals surface area (Å²) in [4.78, 5) is 0. The van der Waals surface area contributed by atoms with Crippen LogP contribution in [0.1, 0.15) is 45.4 Å². The first-order chi connectivity index (χ1) is 8.28. The maximum atomic E-state index is 5.38. The average Bonchev–Trinajstić information content (AvgIpc) is 2.70. The Labute approximate surface area is 106 Å². The lowest BCUT2D eigenvalue weighted by atomic mass is 10.0. The van der Waals surface area contributed by atoms with Crippen LogP contribution in [0, 0.1) is 5.92 Å². The lowest BCUT2D eigenvalue weighted by molar-refractivity contribution is 0.117. The van der Waals surface area contributed by atoms with Crippen LogP contribution >= 0.6 is 0 Å². The van der Waals surface area contributed by atoms with Crippen LogP contribution in [0.25, 0.3) is 0 Å². The molecule has 0 aromatic carbocycles. The van der Waals surface area contributed by atoms with Crippen LogP contribution in [0.5, 0.6) is 0 Å². The highest BCUT2D eigenvalue weighted by Gasteiger charge is 2.24. The second-order valence-corrected chi connectivity index (χ2v) is 5.92. The first-order valence-corrected chi connectivity index (χ1v) is 7.27. The Morgan fingerprint density at radius 1 is 1.24 bits per heavy atom. The van der Waals surface area contributed by atoms with Gasteiger partial charge in [-0.3, -0.25) is 0 Å². The highest BCUT2D eigenvalue weighted by molar-refractivity contribution is 4.85. The van der Waals surface area contributed by atoms with E-state index >= 15 is 0 Å². The first-order valence-electron chi connectivity index (χ1n) is 7.27. The van der Waals surface area contributed by atoms with E-state index in [9.17, 15) is 0 Å². The SMILES string of the molecule is COC1CNC(CNC2CCCC(C)CC2)C1. The van der Waals surface area contributed by atoms with Gasteiger partial charge in [0.1, 0.15) is 0 Å². The fourth-order valence-electron chi connectivity index (χ4n) is 3.12. The van der Waals surface area contributed by atoms with Crippen LogP contribution in [-0.2, 0) is 4.74 Å². The quantitative estimate of drug-likeness (QED) is 0.737. The number of ether oxygens (including phenoxy) is 1. The van der Waals surface area contributed by atoms with E-state index < -0.39 is 0 Å². The zero-order valence-electron chi connectivity index (χ0n) is 11.4. The van der Waals surface area contributed by atoms with Gasteiger partial charge in [-0.2, -0.15) is 0 Å². The number of rotatable bonds is 4. The van der Waals surface area contributed by atoms with Crippen molar-refractivity contribution in [3.05, 3.63) is 0 Å². The maximum absolute atomic E-state index is 5.38. The minimum Gasteiger partial charge on any atom is -0.380 e. The molecule has 0 spiro atoms. The van der Waals surface area contributed by atoms with Gasteiger partial charge in [-0.15, -0.1) is 0 Å². The third kappa shape index (κ3) is 4.23. The molecule has 2 rings (SSSR count). The Kier molecular flexibility index (Phi) is 5.26. The molecule has 3 heteroatoms. The van der Waals surface area contributed by atoms with E-state index in [4.69, 9.17) is 4.74 Å². The van der Waals surface area contributed by atoms with Crippen molar-refractivity contribution in [3.63, 3.8) is 0 Å². The Balaban J connectivity index is 1.64. The van der Waals surface area contributed by atoms with Gasteiger partial charge in [0, 0.05) is 32.3 Å². The van der Waals surface area contributed by atoms with Crippen molar-refractivity contribution in [2.45, 2.75) is 63.6 Å². The molecule has 17 heavy (non-hydrogen) atoms. The van der Waals surface area contributed by atoms with Gasteiger partial charge in [-0.05, 0) is 31.6 Å². The lowest BCUT2D eigenvalue weighted by Crippen LogP contribution is -2.39. The molecule has 4 unspecified atom stereocenters. The molecule has 0 amide bonds. The molecule has 2 fully saturated rings. The molecule has 3 nitrogen and oxygen atoms in total. The van der Waals surface area contributed by atoms with Crippen molar-refractivity contribution in [3.8, 4) is 0 Å². The summed E-state index contributed by atoms with van der Waals surface area (Å²) in [5.41, 5.74) is 0. The Bertz CT molecular complexity index is 222. The standard InChI is InChI=1S/C14H28N2O/c1-11-4-3-5-12(7-6-11)15-9-13-8-14(17-2)10-16-13/h11-16H,3-10H2,1-2H3. The molecule has 0 aromatic rings. The van der Waals surface area contributed by atoms with E-state index in [0.29, 0.717) is 12.1 Å². The van der Waals surface area contributed by atoms with Crippen molar-refractivity contribution in [1.29, 1.82) is 0 Å². The van der Waals surface area contributed by atoms with Gasteiger partial charge in [0.2, 0.25) is 0 Å². The second-order valence-electron chi connectivity index (χ2n) is 5.92. The molecule has 1 saturated carbocycles. The van der Waals surface area contributed by atoms with Crippen LogP contribution in [0.2, 0.25) is 0 Å². The van der Waals surface area contributed by atoms with Gasteiger partial charge in [-0.1, -0.05) is 19.8 Å². The number of hydrogen-bond donors (Lipinski definition) is 2. The van der Waals surface area contributed by atoms with Crippen molar-refractivity contribution in [1.82, 2.24) is 10.6 Å². The Morgan fingerprint density at radius 3 is 2.88 bits per heavy atom. The van der Waals surface area contributed by atoms with Crippen molar-refractivity contribution < 1.29 is 4.74 Å². The zero-order chi connectivity index (χ0) is 12.1. The fraction of sp³-hybridized carbons (Fsp3) is 1.00. The summed E-state index contributed by atoms with van der Waals surface area (Å²) in [7, 11) is 1.81. The zero-order valence-corrected chi connectivity index (χ0v) is 11.4. The summed E-state index contributed by atoms with van der Waals surface area (Å²) in [6.07, 6.45) is 8.54. The topological polar surface area (TPSA) is 33.3 Å². The Morgan fingerprint density at radius 2 is 2.12 bits per heavy atom. The van der Waals surface area contributed by atoms with Crippen LogP contribution in [0.15, 0.2) is 0 Å². The normalized spacial score (nSPS) is 39.2. The van der Waals surface area contributed by atoms with E-state index in [-0.39, 0.29) is 0 Å². The van der Waals surface area contributed by atoms with E-state index in [1.165, 1.54) is 32.1 Å². The molecular formula is C14H28N2O.